The fourth-order valence-corrected chi connectivity index (χ4v) is 3.76. The van der Waals surface area contributed by atoms with Gasteiger partial charge in [0.15, 0.2) is 0 Å². The normalized spacial score (nSPS) is 15.9. The first-order valence-electron chi connectivity index (χ1n) is 9.59. The predicted octanol–water partition coefficient (Wildman–Crippen LogP) is 7.57. The lowest BCUT2D eigenvalue weighted by Crippen LogP contribution is -2.01. The van der Waals surface area contributed by atoms with Gasteiger partial charge in [0.1, 0.15) is 0 Å². The van der Waals surface area contributed by atoms with Gasteiger partial charge in [0.05, 0.1) is 0 Å². The Morgan fingerprint density at radius 3 is 1.48 bits per heavy atom. The molecule has 0 aliphatic heterocycles. The number of unbranched alkanes of at least 4 members (excludes halogenated alkanes) is 2. The van der Waals surface area contributed by atoms with Crippen molar-refractivity contribution in [2.24, 2.45) is 17.8 Å². The van der Waals surface area contributed by atoms with E-state index in [9.17, 15) is 0 Å². The molecular weight excluding hydrogens is 272 g/mol. The van der Waals surface area contributed by atoms with E-state index in [1.165, 1.54) is 76.4 Å². The quantitative estimate of drug-likeness (QED) is 0.281. The zero-order valence-corrected chi connectivity index (χ0v) is 16.4. The van der Waals surface area contributed by atoms with Crippen LogP contribution in [0.1, 0.15) is 98.3 Å². The Morgan fingerprint density at radius 1 is 0.619 bits per heavy atom. The highest BCUT2D eigenvalue weighted by Crippen LogP contribution is 2.22. The molecule has 0 rings (SSSR count). The second-order valence-electron chi connectivity index (χ2n) is 7.45. The van der Waals surface area contributed by atoms with Crippen molar-refractivity contribution in [3.8, 4) is 0 Å². The zero-order chi connectivity index (χ0) is 15.9. The summed E-state index contributed by atoms with van der Waals surface area (Å²) < 4.78 is 0. The van der Waals surface area contributed by atoms with Crippen LogP contribution in [0.3, 0.4) is 0 Å². The molecule has 0 bridgehead atoms. The smallest absolute Gasteiger partial charge is 0.00678 e. The molecule has 128 valence electrons. The van der Waals surface area contributed by atoms with E-state index in [2.05, 4.69) is 34.0 Å². The summed E-state index contributed by atoms with van der Waals surface area (Å²) >= 11 is 1.99. The maximum Gasteiger partial charge on any atom is -0.00678 e. The topological polar surface area (TPSA) is 0 Å². The molecule has 3 atom stereocenters. The largest absolute Gasteiger partial charge is 0.165 e. The third-order valence-electron chi connectivity index (χ3n) is 4.90. The van der Waals surface area contributed by atoms with Crippen LogP contribution in [0.15, 0.2) is 0 Å². The third kappa shape index (κ3) is 15.0. The van der Waals surface area contributed by atoms with Gasteiger partial charge in [-0.15, -0.1) is 0 Å². The minimum absolute atomic E-state index is 0.934. The second kappa shape index (κ2) is 15.3. The number of thioether (sulfide) groups is 1. The second-order valence-corrected chi connectivity index (χ2v) is 8.44. The lowest BCUT2D eigenvalue weighted by Gasteiger charge is -2.15. The highest BCUT2D eigenvalue weighted by Gasteiger charge is 2.07. The Bertz CT molecular complexity index is 202. The van der Waals surface area contributed by atoms with Crippen LogP contribution < -0.4 is 0 Å². The molecule has 0 saturated carbocycles. The van der Waals surface area contributed by atoms with E-state index in [1.54, 1.807) is 0 Å². The van der Waals surface area contributed by atoms with Crippen molar-refractivity contribution in [2.75, 3.05) is 12.0 Å². The summed E-state index contributed by atoms with van der Waals surface area (Å²) in [4.78, 5) is 0. The summed E-state index contributed by atoms with van der Waals surface area (Å²) in [7, 11) is 0. The zero-order valence-electron chi connectivity index (χ0n) is 15.6. The van der Waals surface area contributed by atoms with Crippen LogP contribution in [0, 0.1) is 17.8 Å². The summed E-state index contributed by atoms with van der Waals surface area (Å²) in [6.07, 6.45) is 18.0. The molecule has 3 unspecified atom stereocenters. The average molecular weight is 315 g/mol. The molecule has 0 aliphatic carbocycles. The number of hydrogen-bond donors (Lipinski definition) is 0. The molecule has 0 spiro atoms. The van der Waals surface area contributed by atoms with E-state index < -0.39 is 0 Å². The predicted molar refractivity (Wildman–Crippen MR) is 102 cm³/mol. The number of hydrogen-bond acceptors (Lipinski definition) is 1. The Balaban J connectivity index is 3.43. The molecule has 0 aromatic heterocycles. The van der Waals surface area contributed by atoms with E-state index in [1.807, 2.05) is 11.8 Å². The van der Waals surface area contributed by atoms with Crippen molar-refractivity contribution >= 4 is 11.8 Å². The van der Waals surface area contributed by atoms with E-state index in [0.29, 0.717) is 0 Å². The van der Waals surface area contributed by atoms with E-state index in [0.717, 1.165) is 17.8 Å². The van der Waals surface area contributed by atoms with Crippen LogP contribution in [0.25, 0.3) is 0 Å². The van der Waals surface area contributed by atoms with Crippen LogP contribution >= 0.6 is 11.8 Å². The van der Waals surface area contributed by atoms with Crippen LogP contribution in [0.5, 0.6) is 0 Å². The first-order chi connectivity index (χ1) is 10.1. The highest BCUT2D eigenvalue weighted by molar-refractivity contribution is 7.98. The van der Waals surface area contributed by atoms with Gasteiger partial charge in [0.2, 0.25) is 0 Å². The van der Waals surface area contributed by atoms with Gasteiger partial charge in [0, 0.05) is 0 Å². The van der Waals surface area contributed by atoms with Gasteiger partial charge < -0.3 is 0 Å². The summed E-state index contributed by atoms with van der Waals surface area (Å²) in [5.74, 6) is 4.17. The molecule has 0 aliphatic rings. The molecule has 0 N–H and O–H groups in total. The maximum atomic E-state index is 2.47. The number of rotatable bonds is 15. The van der Waals surface area contributed by atoms with E-state index in [-0.39, 0.29) is 0 Å². The van der Waals surface area contributed by atoms with E-state index in [4.69, 9.17) is 0 Å². The molecule has 0 heterocycles. The van der Waals surface area contributed by atoms with Gasteiger partial charge in [0.25, 0.3) is 0 Å². The standard InChI is InChI=1S/C20H42S/c1-6-7-8-11-18(2)12-9-13-19(3)14-10-15-20(4)16-17-21-5/h18-20H,6-17H2,1-5H3. The van der Waals surface area contributed by atoms with Gasteiger partial charge in [-0.2, -0.15) is 11.8 Å². The van der Waals surface area contributed by atoms with Crippen molar-refractivity contribution in [1.29, 1.82) is 0 Å². The molecular formula is C20H42S. The van der Waals surface area contributed by atoms with Crippen molar-refractivity contribution in [2.45, 2.75) is 98.3 Å². The van der Waals surface area contributed by atoms with Crippen LogP contribution in [-0.2, 0) is 0 Å². The maximum absolute atomic E-state index is 2.47. The summed E-state index contributed by atoms with van der Waals surface area (Å²) in [5.41, 5.74) is 0. The molecule has 0 aromatic carbocycles. The Kier molecular flexibility index (Phi) is 15.5. The van der Waals surface area contributed by atoms with Crippen LogP contribution in [0.4, 0.5) is 0 Å². The highest BCUT2D eigenvalue weighted by atomic mass is 32.2. The van der Waals surface area contributed by atoms with Gasteiger partial charge in [-0.05, 0) is 36.2 Å². The third-order valence-corrected chi connectivity index (χ3v) is 5.55. The summed E-state index contributed by atoms with van der Waals surface area (Å²) in [5, 5.41) is 0. The first kappa shape index (κ1) is 21.4. The summed E-state index contributed by atoms with van der Waals surface area (Å²) in [6, 6.07) is 0. The fraction of sp³-hybridized carbons (Fsp3) is 1.00. The fourth-order valence-electron chi connectivity index (χ4n) is 3.12. The van der Waals surface area contributed by atoms with Crippen LogP contribution in [0.2, 0.25) is 0 Å². The minimum Gasteiger partial charge on any atom is -0.165 e. The van der Waals surface area contributed by atoms with Crippen molar-refractivity contribution in [1.82, 2.24) is 0 Å². The van der Waals surface area contributed by atoms with Crippen molar-refractivity contribution < 1.29 is 0 Å². The lowest BCUT2D eigenvalue weighted by atomic mass is 9.91. The van der Waals surface area contributed by atoms with Crippen molar-refractivity contribution in [3.63, 3.8) is 0 Å². The monoisotopic (exact) mass is 314 g/mol. The first-order valence-corrected chi connectivity index (χ1v) is 11.0. The molecule has 0 radical (unpaired) electrons. The lowest BCUT2D eigenvalue weighted by molar-refractivity contribution is 0.381. The summed E-state index contributed by atoms with van der Waals surface area (Å²) in [6.45, 7) is 9.65. The minimum atomic E-state index is 0.934. The van der Waals surface area contributed by atoms with Crippen molar-refractivity contribution in [3.05, 3.63) is 0 Å². The molecule has 0 nitrogen and oxygen atoms in total. The molecule has 0 fully saturated rings. The van der Waals surface area contributed by atoms with Gasteiger partial charge >= 0.3 is 0 Å². The van der Waals surface area contributed by atoms with Gasteiger partial charge in [-0.3, -0.25) is 0 Å². The van der Waals surface area contributed by atoms with Gasteiger partial charge in [-0.25, -0.2) is 0 Å². The SMILES string of the molecule is CCCCCC(C)CCCC(C)CCCC(C)CCSC. The molecule has 0 aromatic rings. The molecule has 21 heavy (non-hydrogen) atoms. The molecule has 0 amide bonds. The molecule has 0 saturated heterocycles. The Hall–Kier alpha value is 0.350. The Morgan fingerprint density at radius 2 is 1.05 bits per heavy atom. The van der Waals surface area contributed by atoms with Gasteiger partial charge in [-0.1, -0.05) is 91.9 Å². The Labute approximate surface area is 140 Å². The van der Waals surface area contributed by atoms with E-state index >= 15 is 0 Å². The molecule has 1 heteroatoms. The van der Waals surface area contributed by atoms with Crippen LogP contribution in [-0.4, -0.2) is 12.0 Å². The average Bonchev–Trinajstić information content (AvgIpc) is 2.45.